The summed E-state index contributed by atoms with van der Waals surface area (Å²) in [5.74, 6) is -1.06. The molecule has 5 fully saturated rings. The number of aliphatic carboxylic acids is 1. The zero-order chi connectivity index (χ0) is 34.2. The van der Waals surface area contributed by atoms with Crippen molar-refractivity contribution in [3.8, 4) is 5.75 Å². The SMILES string of the molecule is CC12CC3CC1CC2CC3(NC(=O)c1cnc(N2CC3(CCOCC3)c3cc(OCCC4CCOCC4)ccc32)nc1C(F)(F)F)C(=O)O. The van der Waals surface area contributed by atoms with E-state index in [-0.39, 0.29) is 29.6 Å². The molecule has 1 spiro atoms. The van der Waals surface area contributed by atoms with Gasteiger partial charge in [-0.05, 0) is 111 Å². The van der Waals surface area contributed by atoms with Crippen molar-refractivity contribution >= 4 is 23.5 Å². The highest BCUT2D eigenvalue weighted by molar-refractivity contribution is 5.99. The summed E-state index contributed by atoms with van der Waals surface area (Å²) in [5, 5.41) is 13.0. The van der Waals surface area contributed by atoms with Gasteiger partial charge in [-0.15, -0.1) is 0 Å². The van der Waals surface area contributed by atoms with Crippen molar-refractivity contribution in [3.05, 3.63) is 41.2 Å². The largest absolute Gasteiger partial charge is 0.494 e. The number of nitrogens with one attached hydrogen (secondary N) is 1. The predicted molar refractivity (Wildman–Crippen MR) is 171 cm³/mol. The highest BCUT2D eigenvalue weighted by Gasteiger charge is 2.69. The van der Waals surface area contributed by atoms with Gasteiger partial charge in [0.2, 0.25) is 5.95 Å². The van der Waals surface area contributed by atoms with Crippen molar-refractivity contribution in [2.45, 2.75) is 81.8 Å². The van der Waals surface area contributed by atoms with Gasteiger partial charge in [0.25, 0.3) is 5.91 Å². The van der Waals surface area contributed by atoms with Crippen LogP contribution in [0.2, 0.25) is 0 Å². The lowest BCUT2D eigenvalue weighted by atomic mass is 9.50. The molecular formula is C36H43F3N4O6. The molecule has 2 saturated heterocycles. The number of carbonyl (C=O) groups excluding carboxylic acids is 1. The summed E-state index contributed by atoms with van der Waals surface area (Å²) in [7, 11) is 0. The maximum atomic E-state index is 14.7. The fourth-order valence-electron chi connectivity index (χ4n) is 10.1. The highest BCUT2D eigenvalue weighted by Crippen LogP contribution is 2.70. The van der Waals surface area contributed by atoms with Crippen molar-refractivity contribution in [3.63, 3.8) is 0 Å². The van der Waals surface area contributed by atoms with Crippen LogP contribution in [-0.2, 0) is 25.9 Å². The Morgan fingerprint density at radius 3 is 2.53 bits per heavy atom. The minimum Gasteiger partial charge on any atom is -0.494 e. The Balaban J connectivity index is 1.08. The van der Waals surface area contributed by atoms with Crippen LogP contribution in [0.1, 0.15) is 86.3 Å². The smallest absolute Gasteiger partial charge is 0.434 e. The van der Waals surface area contributed by atoms with Gasteiger partial charge in [0.05, 0.1) is 12.2 Å². The van der Waals surface area contributed by atoms with Crippen molar-refractivity contribution in [1.82, 2.24) is 15.3 Å². The van der Waals surface area contributed by atoms with Crippen LogP contribution in [0.5, 0.6) is 5.75 Å². The van der Waals surface area contributed by atoms with Gasteiger partial charge >= 0.3 is 12.1 Å². The van der Waals surface area contributed by atoms with Gasteiger partial charge in [0, 0.05) is 50.3 Å². The van der Waals surface area contributed by atoms with Crippen LogP contribution in [0.4, 0.5) is 24.8 Å². The summed E-state index contributed by atoms with van der Waals surface area (Å²) in [6, 6.07) is 5.67. The highest BCUT2D eigenvalue weighted by atomic mass is 19.4. The number of rotatable bonds is 8. The second-order valence-electron chi connectivity index (χ2n) is 15.5. The van der Waals surface area contributed by atoms with Crippen LogP contribution in [0.25, 0.3) is 0 Å². The van der Waals surface area contributed by atoms with E-state index in [1.807, 2.05) is 18.2 Å². The standard InChI is InChI=1S/C36H43F3N4O6/c1-33-17-24-15-22(33)14-23(33)18-35(24,31(45)46)42-30(44)26-19-40-32(41-29(26)36(37,38)39)43-20-34(7-12-48-13-8-34)27-16-25(2-3-28(27)43)49-11-6-21-4-9-47-10-5-21/h2-3,16,19,21-24H,4-15,17-18,20H2,1H3,(H,42,44)(H,45,46). The van der Waals surface area contributed by atoms with Crippen molar-refractivity contribution < 1.29 is 42.1 Å². The third kappa shape index (κ3) is 5.37. The molecule has 1 amide bonds. The normalized spacial score (nSPS) is 31.7. The van der Waals surface area contributed by atoms with Crippen molar-refractivity contribution in [1.29, 1.82) is 0 Å². The first-order chi connectivity index (χ1) is 23.4. The van der Waals surface area contributed by atoms with Crippen LogP contribution in [0, 0.1) is 29.1 Å². The van der Waals surface area contributed by atoms with E-state index in [0.717, 1.165) is 50.7 Å². The molecule has 3 saturated carbocycles. The Bertz CT molecular complexity index is 1640. The van der Waals surface area contributed by atoms with Gasteiger partial charge in [-0.3, -0.25) is 4.79 Å². The third-order valence-electron chi connectivity index (χ3n) is 13.1. The van der Waals surface area contributed by atoms with Crippen LogP contribution >= 0.6 is 0 Å². The van der Waals surface area contributed by atoms with E-state index < -0.39 is 40.3 Å². The monoisotopic (exact) mass is 684 g/mol. The van der Waals surface area contributed by atoms with E-state index in [9.17, 15) is 27.9 Å². The average Bonchev–Trinajstić information content (AvgIpc) is 3.41. The number of ether oxygens (including phenoxy) is 3. The van der Waals surface area contributed by atoms with Crippen molar-refractivity contribution in [2.75, 3.05) is 44.5 Å². The maximum Gasteiger partial charge on any atom is 0.434 e. The molecule has 2 bridgehead atoms. The molecule has 2 aromatic rings. The van der Waals surface area contributed by atoms with Gasteiger partial charge in [0.15, 0.2) is 5.69 Å². The molecular weight excluding hydrogens is 641 g/mol. The number of nitrogens with zero attached hydrogens (tertiary/aromatic N) is 3. The number of hydrogen-bond acceptors (Lipinski definition) is 8. The van der Waals surface area contributed by atoms with E-state index >= 15 is 0 Å². The molecule has 6 aliphatic rings. The van der Waals surface area contributed by atoms with Gasteiger partial charge in [-0.1, -0.05) is 6.92 Å². The molecule has 13 heteroatoms. The molecule has 49 heavy (non-hydrogen) atoms. The topological polar surface area (TPSA) is 123 Å². The second-order valence-corrected chi connectivity index (χ2v) is 15.5. The molecule has 264 valence electrons. The summed E-state index contributed by atoms with van der Waals surface area (Å²) in [6.45, 7) is 5.67. The quantitative estimate of drug-likeness (QED) is 0.350. The zero-order valence-corrected chi connectivity index (χ0v) is 27.7. The Morgan fingerprint density at radius 1 is 1.06 bits per heavy atom. The zero-order valence-electron chi connectivity index (χ0n) is 27.7. The first-order valence-electron chi connectivity index (χ1n) is 17.6. The van der Waals surface area contributed by atoms with Crippen LogP contribution < -0.4 is 15.0 Å². The lowest BCUT2D eigenvalue weighted by Gasteiger charge is -2.55. The van der Waals surface area contributed by atoms with Crippen LogP contribution in [0.3, 0.4) is 0 Å². The number of aromatic nitrogens is 2. The number of hydrogen-bond donors (Lipinski definition) is 2. The fourth-order valence-corrected chi connectivity index (χ4v) is 10.1. The molecule has 3 aliphatic heterocycles. The van der Waals surface area contributed by atoms with Gasteiger partial charge in [0.1, 0.15) is 11.3 Å². The van der Waals surface area contributed by atoms with Crippen LogP contribution in [-0.4, -0.2) is 72.1 Å². The second kappa shape index (κ2) is 11.8. The fraction of sp³-hybridized carbons (Fsp3) is 0.667. The van der Waals surface area contributed by atoms with Gasteiger partial charge < -0.3 is 29.5 Å². The van der Waals surface area contributed by atoms with Crippen LogP contribution in [0.15, 0.2) is 24.4 Å². The number of fused-ring (bicyclic) bond motifs is 3. The Hall–Kier alpha value is -3.45. The number of carboxylic acids is 1. The van der Waals surface area contributed by atoms with E-state index in [1.54, 1.807) is 4.90 Å². The number of benzene rings is 1. The predicted octanol–water partition coefficient (Wildman–Crippen LogP) is 5.90. The molecule has 5 unspecified atom stereocenters. The Kier molecular flexibility index (Phi) is 7.90. The number of carbonyl (C=O) groups is 2. The lowest BCUT2D eigenvalue weighted by molar-refractivity contribution is -0.152. The molecule has 10 nitrogen and oxygen atoms in total. The number of halogens is 3. The minimum absolute atomic E-state index is 0.0434. The van der Waals surface area contributed by atoms with Crippen molar-refractivity contribution in [2.24, 2.45) is 29.1 Å². The summed E-state index contributed by atoms with van der Waals surface area (Å²) >= 11 is 0. The summed E-state index contributed by atoms with van der Waals surface area (Å²) in [5.41, 5.74) is -2.47. The molecule has 1 aromatic heterocycles. The molecule has 1 aromatic carbocycles. The number of amides is 1. The number of carboxylic acid groups (broad SMARTS) is 1. The molecule has 8 rings (SSSR count). The summed E-state index contributed by atoms with van der Waals surface area (Å²) < 4.78 is 61.4. The first-order valence-corrected chi connectivity index (χ1v) is 17.6. The molecule has 2 N–H and O–H groups in total. The van der Waals surface area contributed by atoms with E-state index in [2.05, 4.69) is 22.2 Å². The maximum absolute atomic E-state index is 14.7. The van der Waals surface area contributed by atoms with Gasteiger partial charge in [-0.2, -0.15) is 13.2 Å². The van der Waals surface area contributed by atoms with E-state index in [1.165, 1.54) is 0 Å². The number of anilines is 2. The Morgan fingerprint density at radius 2 is 1.80 bits per heavy atom. The number of alkyl halides is 3. The molecule has 5 atom stereocenters. The first kappa shape index (κ1) is 32.7. The van der Waals surface area contributed by atoms with E-state index in [4.69, 9.17) is 14.2 Å². The molecule has 4 heterocycles. The lowest BCUT2D eigenvalue weighted by Crippen LogP contribution is -2.63. The average molecular weight is 685 g/mol. The summed E-state index contributed by atoms with van der Waals surface area (Å²) in [4.78, 5) is 36.4. The minimum atomic E-state index is -4.98. The third-order valence-corrected chi connectivity index (χ3v) is 13.1. The molecule has 3 aliphatic carbocycles. The molecule has 0 radical (unpaired) electrons. The summed E-state index contributed by atoms with van der Waals surface area (Å²) in [6.07, 6.45) is 2.62. The van der Waals surface area contributed by atoms with Gasteiger partial charge in [-0.25, -0.2) is 14.8 Å². The Labute approximate surface area is 283 Å². The van der Waals surface area contributed by atoms with E-state index in [0.29, 0.717) is 75.3 Å².